The number of carbonyl (C=O) groups is 1. The normalized spacial score (nSPS) is 26.5. The lowest BCUT2D eigenvalue weighted by molar-refractivity contribution is -0.133. The Labute approximate surface area is 170 Å². The summed E-state index contributed by atoms with van der Waals surface area (Å²) in [6, 6.07) is 0.277. The van der Waals surface area contributed by atoms with Crippen molar-refractivity contribution in [1.29, 1.82) is 0 Å². The minimum atomic E-state index is 0.0656. The quantitative estimate of drug-likeness (QED) is 0.546. The largest absolute Gasteiger partial charge is 0.379 e. The third-order valence-electron chi connectivity index (χ3n) is 6.61. The van der Waals surface area contributed by atoms with E-state index < -0.39 is 0 Å². The number of nitrogens with zero attached hydrogens (tertiary/aromatic N) is 3. The van der Waals surface area contributed by atoms with Crippen molar-refractivity contribution in [3.05, 3.63) is 0 Å². The average Bonchev–Trinajstić information content (AvgIpc) is 3.20. The maximum absolute atomic E-state index is 12.2. The monoisotopic (exact) mass is 393 g/mol. The van der Waals surface area contributed by atoms with E-state index in [1.807, 2.05) is 25.8 Å². The van der Waals surface area contributed by atoms with Gasteiger partial charge < -0.3 is 20.3 Å². The van der Waals surface area contributed by atoms with Gasteiger partial charge in [-0.1, -0.05) is 33.1 Å². The highest BCUT2D eigenvalue weighted by Crippen LogP contribution is 2.33. The van der Waals surface area contributed by atoms with Crippen LogP contribution < -0.4 is 10.6 Å². The topological polar surface area (TPSA) is 69.2 Å². The maximum atomic E-state index is 12.2. The fraction of sp³-hybridized carbons (Fsp3) is 0.905. The minimum Gasteiger partial charge on any atom is -0.379 e. The Kier molecular flexibility index (Phi) is 7.57. The summed E-state index contributed by atoms with van der Waals surface area (Å²) in [6.45, 7) is 10.2. The lowest BCUT2D eigenvalue weighted by Gasteiger charge is -2.48. The molecule has 7 heteroatoms. The number of rotatable bonds is 5. The van der Waals surface area contributed by atoms with Crippen LogP contribution in [0.3, 0.4) is 0 Å². The highest BCUT2D eigenvalue weighted by molar-refractivity contribution is 5.81. The van der Waals surface area contributed by atoms with Gasteiger partial charge in [-0.25, -0.2) is 0 Å². The van der Waals surface area contributed by atoms with Crippen molar-refractivity contribution in [2.24, 2.45) is 10.9 Å². The number of hydrogen-bond acceptors (Lipinski definition) is 4. The zero-order chi connectivity index (χ0) is 20.0. The summed E-state index contributed by atoms with van der Waals surface area (Å²) in [4.78, 5) is 21.3. The van der Waals surface area contributed by atoms with Crippen LogP contribution in [0.4, 0.5) is 0 Å². The SMILES string of the molecule is CN=C(NCC1(N2CCOCC2)CCCCC1)NC1CCN(C(=O)C(C)C)C1. The second kappa shape index (κ2) is 9.92. The van der Waals surface area contributed by atoms with Crippen molar-refractivity contribution in [3.63, 3.8) is 0 Å². The van der Waals surface area contributed by atoms with Crippen LogP contribution in [0.2, 0.25) is 0 Å². The number of likely N-dealkylation sites (tertiary alicyclic amines) is 1. The van der Waals surface area contributed by atoms with Crippen molar-refractivity contribution in [2.45, 2.75) is 64.0 Å². The number of amides is 1. The Hall–Kier alpha value is -1.34. The average molecular weight is 394 g/mol. The molecule has 3 aliphatic rings. The van der Waals surface area contributed by atoms with E-state index in [1.165, 1.54) is 32.1 Å². The van der Waals surface area contributed by atoms with Crippen molar-refractivity contribution >= 4 is 11.9 Å². The van der Waals surface area contributed by atoms with E-state index in [1.54, 1.807) is 0 Å². The number of hydrogen-bond donors (Lipinski definition) is 2. The van der Waals surface area contributed by atoms with Crippen LogP contribution in [0.25, 0.3) is 0 Å². The molecule has 0 aromatic carbocycles. The summed E-state index contributed by atoms with van der Waals surface area (Å²) in [5.41, 5.74) is 0.217. The Morgan fingerprint density at radius 3 is 2.54 bits per heavy atom. The summed E-state index contributed by atoms with van der Waals surface area (Å²) >= 11 is 0. The van der Waals surface area contributed by atoms with Crippen LogP contribution in [0.5, 0.6) is 0 Å². The zero-order valence-corrected chi connectivity index (χ0v) is 18.0. The van der Waals surface area contributed by atoms with Gasteiger partial charge in [-0.15, -0.1) is 0 Å². The van der Waals surface area contributed by atoms with Gasteiger partial charge in [-0.3, -0.25) is 14.7 Å². The molecular weight excluding hydrogens is 354 g/mol. The Bertz CT molecular complexity index is 539. The standard InChI is InChI=1S/C21H39N5O2/c1-17(2)19(27)25-10-7-18(15-25)24-20(22-3)23-16-21(8-5-4-6-9-21)26-11-13-28-14-12-26/h17-18H,4-16H2,1-3H3,(H2,22,23,24). The van der Waals surface area contributed by atoms with Crippen molar-refractivity contribution < 1.29 is 9.53 Å². The number of aliphatic imine (C=N–C) groups is 1. The summed E-state index contributed by atoms with van der Waals surface area (Å²) in [7, 11) is 1.84. The van der Waals surface area contributed by atoms with E-state index in [-0.39, 0.29) is 23.4 Å². The highest BCUT2D eigenvalue weighted by atomic mass is 16.5. The zero-order valence-electron chi connectivity index (χ0n) is 18.0. The second-order valence-electron chi connectivity index (χ2n) is 8.88. The van der Waals surface area contributed by atoms with Gasteiger partial charge in [0.05, 0.1) is 13.2 Å². The van der Waals surface area contributed by atoms with Crippen LogP contribution in [-0.2, 0) is 9.53 Å². The van der Waals surface area contributed by atoms with E-state index in [4.69, 9.17) is 4.74 Å². The lowest BCUT2D eigenvalue weighted by atomic mass is 9.80. The van der Waals surface area contributed by atoms with E-state index in [0.29, 0.717) is 0 Å². The molecule has 2 N–H and O–H groups in total. The van der Waals surface area contributed by atoms with Gasteiger partial charge in [0.25, 0.3) is 0 Å². The van der Waals surface area contributed by atoms with Gasteiger partial charge in [0.2, 0.25) is 5.91 Å². The summed E-state index contributed by atoms with van der Waals surface area (Å²) in [5, 5.41) is 7.17. The van der Waals surface area contributed by atoms with Crippen LogP contribution in [0, 0.1) is 5.92 Å². The second-order valence-corrected chi connectivity index (χ2v) is 8.88. The Morgan fingerprint density at radius 1 is 1.18 bits per heavy atom. The van der Waals surface area contributed by atoms with Gasteiger partial charge in [-0.2, -0.15) is 0 Å². The molecule has 2 aliphatic heterocycles. The molecule has 0 radical (unpaired) electrons. The molecule has 0 spiro atoms. The van der Waals surface area contributed by atoms with Gasteiger partial charge in [-0.05, 0) is 19.3 Å². The molecule has 1 saturated carbocycles. The van der Waals surface area contributed by atoms with E-state index in [9.17, 15) is 4.79 Å². The van der Waals surface area contributed by atoms with Crippen molar-refractivity contribution in [2.75, 3.05) is 53.0 Å². The van der Waals surface area contributed by atoms with Crippen molar-refractivity contribution in [1.82, 2.24) is 20.4 Å². The summed E-state index contributed by atoms with van der Waals surface area (Å²) in [5.74, 6) is 1.18. The molecule has 1 amide bonds. The first-order valence-corrected chi connectivity index (χ1v) is 11.1. The van der Waals surface area contributed by atoms with E-state index >= 15 is 0 Å². The molecule has 1 unspecified atom stereocenters. The maximum Gasteiger partial charge on any atom is 0.225 e. The minimum absolute atomic E-state index is 0.0656. The van der Waals surface area contributed by atoms with Crippen molar-refractivity contribution in [3.8, 4) is 0 Å². The predicted molar refractivity (Wildman–Crippen MR) is 113 cm³/mol. The number of guanidine groups is 1. The third kappa shape index (κ3) is 5.17. The van der Waals surface area contributed by atoms with Gasteiger partial charge in [0.15, 0.2) is 5.96 Å². The molecule has 3 rings (SSSR count). The molecule has 0 bridgehead atoms. The van der Waals surface area contributed by atoms with Crippen LogP contribution >= 0.6 is 0 Å². The third-order valence-corrected chi connectivity index (χ3v) is 6.61. The molecule has 1 atom stereocenters. The number of nitrogens with one attached hydrogen (secondary N) is 2. The molecule has 2 saturated heterocycles. The van der Waals surface area contributed by atoms with Crippen LogP contribution in [0.15, 0.2) is 4.99 Å². The molecule has 3 fully saturated rings. The number of carbonyl (C=O) groups excluding carboxylic acids is 1. The fourth-order valence-corrected chi connectivity index (χ4v) is 4.93. The smallest absolute Gasteiger partial charge is 0.225 e. The summed E-state index contributed by atoms with van der Waals surface area (Å²) in [6.07, 6.45) is 7.43. The number of ether oxygens (including phenoxy) is 1. The first-order valence-electron chi connectivity index (χ1n) is 11.1. The fourth-order valence-electron chi connectivity index (χ4n) is 4.93. The Morgan fingerprint density at radius 2 is 1.89 bits per heavy atom. The van der Waals surface area contributed by atoms with Crippen LogP contribution in [-0.4, -0.2) is 86.2 Å². The molecule has 0 aromatic rings. The van der Waals surface area contributed by atoms with Crippen LogP contribution in [0.1, 0.15) is 52.4 Å². The first kappa shape index (κ1) is 21.4. The van der Waals surface area contributed by atoms with Gasteiger partial charge in [0.1, 0.15) is 0 Å². The lowest BCUT2D eigenvalue weighted by Crippen LogP contribution is -2.61. The van der Waals surface area contributed by atoms with Gasteiger partial charge >= 0.3 is 0 Å². The van der Waals surface area contributed by atoms with E-state index in [2.05, 4.69) is 20.5 Å². The van der Waals surface area contributed by atoms with Gasteiger partial charge in [0, 0.05) is 57.3 Å². The number of morpholine rings is 1. The molecule has 2 heterocycles. The van der Waals surface area contributed by atoms with E-state index in [0.717, 1.165) is 58.3 Å². The molecule has 160 valence electrons. The molecule has 0 aromatic heterocycles. The molecule has 7 nitrogen and oxygen atoms in total. The molecule has 1 aliphatic carbocycles. The first-order chi connectivity index (χ1) is 13.5. The molecule has 28 heavy (non-hydrogen) atoms. The summed E-state index contributed by atoms with van der Waals surface area (Å²) < 4.78 is 5.59. The molecular formula is C21H39N5O2. The highest BCUT2D eigenvalue weighted by Gasteiger charge is 2.39. The predicted octanol–water partition coefficient (Wildman–Crippen LogP) is 1.44. The Balaban J connectivity index is 1.54.